The van der Waals surface area contributed by atoms with E-state index in [1.54, 1.807) is 0 Å². The first-order valence-electron chi connectivity index (χ1n) is 5.90. The Bertz CT molecular complexity index is 305. The van der Waals surface area contributed by atoms with Crippen molar-refractivity contribution in [2.45, 2.75) is 39.2 Å². The number of aromatic nitrogens is 2. The third-order valence-electron chi connectivity index (χ3n) is 2.46. The lowest BCUT2D eigenvalue weighted by Crippen LogP contribution is -2.22. The summed E-state index contributed by atoms with van der Waals surface area (Å²) in [5, 5.41) is 3.42. The molecule has 1 N–H and O–H groups in total. The Balaban J connectivity index is 2.60. The van der Waals surface area contributed by atoms with Crippen LogP contribution in [-0.2, 0) is 0 Å². The average molecular weight is 219 g/mol. The number of allylic oxidation sites excluding steroid dienone is 1. The molecule has 1 aromatic heterocycles. The van der Waals surface area contributed by atoms with Crippen LogP contribution in [0.1, 0.15) is 43.6 Å². The fraction of sp³-hybridized carbons (Fsp3) is 0.538. The highest BCUT2D eigenvalue weighted by Crippen LogP contribution is 2.15. The molecule has 0 bridgehead atoms. The summed E-state index contributed by atoms with van der Waals surface area (Å²) >= 11 is 0. The van der Waals surface area contributed by atoms with E-state index in [0.29, 0.717) is 0 Å². The largest absolute Gasteiger partial charge is 0.308 e. The summed E-state index contributed by atoms with van der Waals surface area (Å²) in [4.78, 5) is 8.75. The molecule has 0 aliphatic rings. The number of nitrogens with zero attached hydrogens (tertiary/aromatic N) is 2. The molecule has 0 spiro atoms. The van der Waals surface area contributed by atoms with Crippen LogP contribution in [0.5, 0.6) is 0 Å². The summed E-state index contributed by atoms with van der Waals surface area (Å²) in [6.45, 7) is 8.79. The van der Waals surface area contributed by atoms with Crippen LogP contribution in [0.15, 0.2) is 25.0 Å². The van der Waals surface area contributed by atoms with Gasteiger partial charge in [0.15, 0.2) is 0 Å². The van der Waals surface area contributed by atoms with E-state index < -0.39 is 0 Å². The van der Waals surface area contributed by atoms with E-state index in [4.69, 9.17) is 0 Å². The molecular formula is C13H21N3. The molecule has 0 radical (unpaired) electrons. The van der Waals surface area contributed by atoms with Crippen molar-refractivity contribution in [1.29, 1.82) is 0 Å². The summed E-state index contributed by atoms with van der Waals surface area (Å²) in [7, 11) is 0. The minimum atomic E-state index is 0.269. The predicted molar refractivity (Wildman–Crippen MR) is 67.2 cm³/mol. The molecule has 3 nitrogen and oxygen atoms in total. The second kappa shape index (κ2) is 7.12. The fourth-order valence-corrected chi connectivity index (χ4v) is 1.62. The van der Waals surface area contributed by atoms with E-state index in [2.05, 4.69) is 28.8 Å². The third-order valence-corrected chi connectivity index (χ3v) is 2.46. The van der Waals surface area contributed by atoms with Crippen molar-refractivity contribution in [2.75, 3.05) is 6.54 Å². The van der Waals surface area contributed by atoms with Crippen molar-refractivity contribution in [2.24, 2.45) is 0 Å². The van der Waals surface area contributed by atoms with Crippen LogP contribution in [0, 0.1) is 6.92 Å². The van der Waals surface area contributed by atoms with Gasteiger partial charge in [-0.1, -0.05) is 13.0 Å². The quantitative estimate of drug-likeness (QED) is 0.566. The van der Waals surface area contributed by atoms with Crippen molar-refractivity contribution in [3.8, 4) is 0 Å². The zero-order chi connectivity index (χ0) is 11.8. The van der Waals surface area contributed by atoms with Crippen LogP contribution >= 0.6 is 0 Å². The lowest BCUT2D eigenvalue weighted by molar-refractivity contribution is 0.477. The zero-order valence-electron chi connectivity index (χ0n) is 10.2. The van der Waals surface area contributed by atoms with E-state index in [-0.39, 0.29) is 6.04 Å². The topological polar surface area (TPSA) is 37.8 Å². The molecule has 3 heteroatoms. The standard InChI is InChI=1S/C13H21N3/c1-4-6-7-8-12(14-5-2)13-15-9-11(3)10-16-13/h4,9-10,12,14H,1,5-8H2,2-3H3. The highest BCUT2D eigenvalue weighted by atomic mass is 15.0. The van der Waals surface area contributed by atoms with Crippen LogP contribution < -0.4 is 5.32 Å². The van der Waals surface area contributed by atoms with Crippen LogP contribution in [0.3, 0.4) is 0 Å². The van der Waals surface area contributed by atoms with Gasteiger partial charge in [-0.3, -0.25) is 0 Å². The van der Waals surface area contributed by atoms with E-state index in [1.807, 2.05) is 25.4 Å². The lowest BCUT2D eigenvalue weighted by atomic mass is 10.1. The van der Waals surface area contributed by atoms with Crippen LogP contribution in [0.2, 0.25) is 0 Å². The highest BCUT2D eigenvalue weighted by molar-refractivity contribution is 5.04. The van der Waals surface area contributed by atoms with Gasteiger partial charge < -0.3 is 5.32 Å². The molecular weight excluding hydrogens is 198 g/mol. The summed E-state index contributed by atoms with van der Waals surface area (Å²) < 4.78 is 0. The van der Waals surface area contributed by atoms with E-state index in [0.717, 1.165) is 37.2 Å². The Labute approximate surface area is 98.0 Å². The SMILES string of the molecule is C=CCCCC(NCC)c1ncc(C)cn1. The number of rotatable bonds is 7. The maximum Gasteiger partial charge on any atom is 0.145 e. The van der Waals surface area contributed by atoms with Crippen molar-refractivity contribution < 1.29 is 0 Å². The van der Waals surface area contributed by atoms with Gasteiger partial charge in [0.25, 0.3) is 0 Å². The summed E-state index contributed by atoms with van der Waals surface area (Å²) in [5.41, 5.74) is 1.10. The van der Waals surface area contributed by atoms with Gasteiger partial charge in [-0.15, -0.1) is 6.58 Å². The van der Waals surface area contributed by atoms with Gasteiger partial charge >= 0.3 is 0 Å². The Morgan fingerprint density at radius 1 is 1.44 bits per heavy atom. The van der Waals surface area contributed by atoms with Crippen molar-refractivity contribution in [1.82, 2.24) is 15.3 Å². The maximum atomic E-state index is 4.38. The Hall–Kier alpha value is -1.22. The van der Waals surface area contributed by atoms with Crippen molar-refractivity contribution in [3.63, 3.8) is 0 Å². The highest BCUT2D eigenvalue weighted by Gasteiger charge is 2.11. The Morgan fingerprint density at radius 3 is 2.69 bits per heavy atom. The minimum absolute atomic E-state index is 0.269. The van der Waals surface area contributed by atoms with Crippen LogP contribution in [0.4, 0.5) is 0 Å². The van der Waals surface area contributed by atoms with Gasteiger partial charge in [0.2, 0.25) is 0 Å². The first kappa shape index (κ1) is 12.8. The molecule has 0 saturated heterocycles. The molecule has 1 aromatic rings. The second-order valence-corrected chi connectivity index (χ2v) is 3.95. The fourth-order valence-electron chi connectivity index (χ4n) is 1.62. The van der Waals surface area contributed by atoms with E-state index in [1.165, 1.54) is 0 Å². The molecule has 1 atom stereocenters. The van der Waals surface area contributed by atoms with Gasteiger partial charge in [-0.2, -0.15) is 0 Å². The molecule has 0 aliphatic heterocycles. The zero-order valence-corrected chi connectivity index (χ0v) is 10.2. The lowest BCUT2D eigenvalue weighted by Gasteiger charge is -2.15. The van der Waals surface area contributed by atoms with E-state index >= 15 is 0 Å². The number of nitrogens with one attached hydrogen (secondary N) is 1. The molecule has 1 rings (SSSR count). The molecule has 88 valence electrons. The number of unbranched alkanes of at least 4 members (excludes halogenated alkanes) is 1. The molecule has 0 amide bonds. The first-order chi connectivity index (χ1) is 7.77. The Morgan fingerprint density at radius 2 is 2.12 bits per heavy atom. The normalized spacial score (nSPS) is 12.4. The number of aryl methyl sites for hydroxylation is 1. The monoisotopic (exact) mass is 219 g/mol. The van der Waals surface area contributed by atoms with Crippen LogP contribution in [0.25, 0.3) is 0 Å². The number of hydrogen-bond donors (Lipinski definition) is 1. The molecule has 0 aliphatic carbocycles. The summed E-state index contributed by atoms with van der Waals surface area (Å²) in [6, 6.07) is 0.269. The van der Waals surface area contributed by atoms with Gasteiger partial charge in [0.1, 0.15) is 5.82 Å². The minimum Gasteiger partial charge on any atom is -0.308 e. The summed E-state index contributed by atoms with van der Waals surface area (Å²) in [6.07, 6.45) is 8.94. The van der Waals surface area contributed by atoms with Crippen LogP contribution in [-0.4, -0.2) is 16.5 Å². The molecule has 16 heavy (non-hydrogen) atoms. The molecule has 0 fully saturated rings. The Kier molecular flexibility index (Phi) is 5.72. The summed E-state index contributed by atoms with van der Waals surface area (Å²) in [5.74, 6) is 0.900. The molecule has 1 unspecified atom stereocenters. The molecule has 0 saturated carbocycles. The second-order valence-electron chi connectivity index (χ2n) is 3.95. The van der Waals surface area contributed by atoms with Crippen molar-refractivity contribution >= 4 is 0 Å². The smallest absolute Gasteiger partial charge is 0.145 e. The average Bonchev–Trinajstić information content (AvgIpc) is 2.29. The van der Waals surface area contributed by atoms with Gasteiger partial charge in [0, 0.05) is 12.4 Å². The first-order valence-corrected chi connectivity index (χ1v) is 5.90. The van der Waals surface area contributed by atoms with Gasteiger partial charge in [0.05, 0.1) is 6.04 Å². The maximum absolute atomic E-state index is 4.38. The number of hydrogen-bond acceptors (Lipinski definition) is 3. The van der Waals surface area contributed by atoms with E-state index in [9.17, 15) is 0 Å². The van der Waals surface area contributed by atoms with Gasteiger partial charge in [-0.05, 0) is 38.3 Å². The molecule has 0 aromatic carbocycles. The van der Waals surface area contributed by atoms with Crippen molar-refractivity contribution in [3.05, 3.63) is 36.4 Å². The molecule has 1 heterocycles. The third kappa shape index (κ3) is 4.11. The van der Waals surface area contributed by atoms with Gasteiger partial charge in [-0.25, -0.2) is 9.97 Å². The predicted octanol–water partition coefficient (Wildman–Crippen LogP) is 2.79.